The van der Waals surface area contributed by atoms with Gasteiger partial charge in [0.25, 0.3) is 0 Å². The number of aryl methyl sites for hydroxylation is 1. The molecule has 20 heavy (non-hydrogen) atoms. The summed E-state index contributed by atoms with van der Waals surface area (Å²) in [6, 6.07) is 7.57. The number of thioether (sulfide) groups is 1. The van der Waals surface area contributed by atoms with Gasteiger partial charge in [-0.1, -0.05) is 6.07 Å². The monoisotopic (exact) mass is 289 g/mol. The van der Waals surface area contributed by atoms with Gasteiger partial charge in [-0.15, -0.1) is 0 Å². The summed E-state index contributed by atoms with van der Waals surface area (Å²) in [6.07, 6.45) is 4.80. The molecule has 0 spiro atoms. The average Bonchev–Trinajstić information content (AvgIpc) is 2.47. The summed E-state index contributed by atoms with van der Waals surface area (Å²) in [7, 11) is 0. The van der Waals surface area contributed by atoms with Crippen molar-refractivity contribution < 1.29 is 4.79 Å². The van der Waals surface area contributed by atoms with Crippen LogP contribution in [0, 0.1) is 6.92 Å². The van der Waals surface area contributed by atoms with Crippen molar-refractivity contribution in [3.05, 3.63) is 36.0 Å². The van der Waals surface area contributed by atoms with Crippen LogP contribution >= 0.6 is 11.8 Å². The Bertz CT molecular complexity index is 601. The van der Waals surface area contributed by atoms with E-state index >= 15 is 0 Å². The first-order valence-corrected chi connectivity index (χ1v) is 8.00. The van der Waals surface area contributed by atoms with Crippen molar-refractivity contribution in [2.45, 2.75) is 13.3 Å². The van der Waals surface area contributed by atoms with Crippen molar-refractivity contribution in [2.24, 2.45) is 0 Å². The van der Waals surface area contributed by atoms with E-state index < -0.39 is 0 Å². The summed E-state index contributed by atoms with van der Waals surface area (Å²) in [4.78, 5) is 16.2. The lowest BCUT2D eigenvalue weighted by molar-refractivity contribution is 0.252. The maximum atomic E-state index is 11.9. The van der Waals surface area contributed by atoms with Gasteiger partial charge in [0, 0.05) is 18.1 Å². The molecule has 2 aromatic rings. The predicted octanol–water partition coefficient (Wildman–Crippen LogP) is 3.42. The molecule has 0 aliphatic carbocycles. The number of pyridine rings is 1. The molecule has 5 heteroatoms. The van der Waals surface area contributed by atoms with Crippen LogP contribution in [0.5, 0.6) is 0 Å². The summed E-state index contributed by atoms with van der Waals surface area (Å²) in [6.45, 7) is 2.70. The Hall–Kier alpha value is -1.75. The van der Waals surface area contributed by atoms with Gasteiger partial charge in [-0.3, -0.25) is 4.98 Å². The van der Waals surface area contributed by atoms with Crippen LogP contribution in [0.1, 0.15) is 12.0 Å². The zero-order chi connectivity index (χ0) is 14.4. The molecule has 106 valence electrons. The summed E-state index contributed by atoms with van der Waals surface area (Å²) in [5, 5.41) is 6.72. The number of urea groups is 1. The number of aromatic nitrogens is 1. The molecular formula is C15H19N3OS. The third-order valence-corrected chi connectivity index (χ3v) is 3.73. The van der Waals surface area contributed by atoms with Crippen molar-refractivity contribution in [3.63, 3.8) is 0 Å². The number of carbonyl (C=O) groups excluding carboxylic acids is 1. The van der Waals surface area contributed by atoms with E-state index in [4.69, 9.17) is 0 Å². The second-order valence-corrected chi connectivity index (χ2v) is 5.54. The maximum absolute atomic E-state index is 11.9. The quantitative estimate of drug-likeness (QED) is 0.829. The number of hydrogen-bond acceptors (Lipinski definition) is 3. The molecule has 4 nitrogen and oxygen atoms in total. The molecule has 0 atom stereocenters. The molecule has 2 rings (SSSR count). The fourth-order valence-corrected chi connectivity index (χ4v) is 2.44. The molecule has 0 bridgehead atoms. The molecule has 1 aromatic carbocycles. The van der Waals surface area contributed by atoms with E-state index in [9.17, 15) is 4.79 Å². The molecule has 1 aromatic heterocycles. The fourth-order valence-electron chi connectivity index (χ4n) is 2.01. The highest BCUT2D eigenvalue weighted by Crippen LogP contribution is 2.24. The SMILES string of the molecule is CSCCCNC(=O)Nc1ccc(C)c2ncccc12. The van der Waals surface area contributed by atoms with E-state index in [0.717, 1.165) is 34.3 Å². The van der Waals surface area contributed by atoms with Gasteiger partial charge in [0.15, 0.2) is 0 Å². The average molecular weight is 289 g/mol. The van der Waals surface area contributed by atoms with Crippen LogP contribution < -0.4 is 10.6 Å². The Morgan fingerprint density at radius 1 is 1.35 bits per heavy atom. The number of carbonyl (C=O) groups is 1. The van der Waals surface area contributed by atoms with Crippen LogP contribution in [0.25, 0.3) is 10.9 Å². The fraction of sp³-hybridized carbons (Fsp3) is 0.333. The number of nitrogens with zero attached hydrogens (tertiary/aromatic N) is 1. The third-order valence-electron chi connectivity index (χ3n) is 3.03. The molecule has 2 amide bonds. The topological polar surface area (TPSA) is 54.0 Å². The van der Waals surface area contributed by atoms with Gasteiger partial charge >= 0.3 is 6.03 Å². The van der Waals surface area contributed by atoms with E-state index in [-0.39, 0.29) is 6.03 Å². The number of amides is 2. The lowest BCUT2D eigenvalue weighted by Gasteiger charge is -2.10. The van der Waals surface area contributed by atoms with Crippen LogP contribution in [0.4, 0.5) is 10.5 Å². The number of benzene rings is 1. The molecule has 0 aliphatic rings. The highest BCUT2D eigenvalue weighted by molar-refractivity contribution is 7.98. The van der Waals surface area contributed by atoms with Crippen LogP contribution in [0.15, 0.2) is 30.5 Å². The Labute approximate surface area is 123 Å². The summed E-state index contributed by atoms with van der Waals surface area (Å²) >= 11 is 1.78. The lowest BCUT2D eigenvalue weighted by atomic mass is 10.1. The van der Waals surface area contributed by atoms with Crippen molar-refractivity contribution >= 4 is 34.4 Å². The van der Waals surface area contributed by atoms with Crippen LogP contribution in [-0.2, 0) is 0 Å². The second-order valence-electron chi connectivity index (χ2n) is 4.56. The predicted molar refractivity (Wildman–Crippen MR) is 86.5 cm³/mol. The first-order chi connectivity index (χ1) is 9.72. The number of nitrogens with one attached hydrogen (secondary N) is 2. The largest absolute Gasteiger partial charge is 0.338 e. The summed E-state index contributed by atoms with van der Waals surface area (Å²) < 4.78 is 0. The van der Waals surface area contributed by atoms with Crippen molar-refractivity contribution in [3.8, 4) is 0 Å². The van der Waals surface area contributed by atoms with Crippen molar-refractivity contribution in [1.29, 1.82) is 0 Å². The Morgan fingerprint density at radius 2 is 2.20 bits per heavy atom. The third kappa shape index (κ3) is 3.63. The van der Waals surface area contributed by atoms with E-state index in [1.54, 1.807) is 18.0 Å². The Balaban J connectivity index is 2.06. The summed E-state index contributed by atoms with van der Waals surface area (Å²) in [5.74, 6) is 1.05. The lowest BCUT2D eigenvalue weighted by Crippen LogP contribution is -2.29. The van der Waals surface area contributed by atoms with E-state index in [0.29, 0.717) is 6.54 Å². The molecular weight excluding hydrogens is 270 g/mol. The number of rotatable bonds is 5. The Kier molecular flexibility index (Phi) is 5.24. The van der Waals surface area contributed by atoms with Crippen LogP contribution in [0.3, 0.4) is 0 Å². The normalized spacial score (nSPS) is 10.5. The number of hydrogen-bond donors (Lipinski definition) is 2. The molecule has 0 saturated heterocycles. The highest BCUT2D eigenvalue weighted by Gasteiger charge is 2.07. The number of anilines is 1. The smallest absolute Gasteiger partial charge is 0.319 e. The van der Waals surface area contributed by atoms with Gasteiger partial charge in [-0.05, 0) is 49.1 Å². The first-order valence-electron chi connectivity index (χ1n) is 6.60. The van der Waals surface area contributed by atoms with Crippen LogP contribution in [-0.4, -0.2) is 29.6 Å². The van der Waals surface area contributed by atoms with Gasteiger partial charge in [-0.2, -0.15) is 11.8 Å². The minimum atomic E-state index is -0.167. The van der Waals surface area contributed by atoms with Gasteiger partial charge in [-0.25, -0.2) is 4.79 Å². The molecule has 0 unspecified atom stereocenters. The maximum Gasteiger partial charge on any atom is 0.319 e. The Morgan fingerprint density at radius 3 is 3.00 bits per heavy atom. The molecule has 0 fully saturated rings. The van der Waals surface area contributed by atoms with Crippen LogP contribution in [0.2, 0.25) is 0 Å². The van der Waals surface area contributed by atoms with Gasteiger partial charge in [0.2, 0.25) is 0 Å². The van der Waals surface area contributed by atoms with Crippen molar-refractivity contribution in [1.82, 2.24) is 10.3 Å². The van der Waals surface area contributed by atoms with E-state index in [1.165, 1.54) is 0 Å². The standard InChI is InChI=1S/C15H19N3OS/c1-11-6-7-13(12-5-3-8-16-14(11)12)18-15(19)17-9-4-10-20-2/h3,5-8H,4,9-10H2,1-2H3,(H2,17,18,19). The minimum Gasteiger partial charge on any atom is -0.338 e. The highest BCUT2D eigenvalue weighted by atomic mass is 32.2. The van der Waals surface area contributed by atoms with Crippen molar-refractivity contribution in [2.75, 3.05) is 23.9 Å². The second kappa shape index (κ2) is 7.14. The molecule has 1 heterocycles. The van der Waals surface area contributed by atoms with Gasteiger partial charge in [0.05, 0.1) is 11.2 Å². The molecule has 0 aliphatic heterocycles. The van der Waals surface area contributed by atoms with E-state index in [2.05, 4.69) is 21.9 Å². The van der Waals surface area contributed by atoms with Gasteiger partial charge < -0.3 is 10.6 Å². The first kappa shape index (κ1) is 14.7. The zero-order valence-corrected chi connectivity index (χ0v) is 12.6. The van der Waals surface area contributed by atoms with Gasteiger partial charge in [0.1, 0.15) is 0 Å². The van der Waals surface area contributed by atoms with E-state index in [1.807, 2.05) is 31.2 Å². The molecule has 2 N–H and O–H groups in total. The molecule has 0 saturated carbocycles. The molecule has 0 radical (unpaired) electrons. The summed E-state index contributed by atoms with van der Waals surface area (Å²) in [5.41, 5.74) is 2.82. The number of fused-ring (bicyclic) bond motifs is 1. The zero-order valence-electron chi connectivity index (χ0n) is 11.8. The minimum absolute atomic E-state index is 0.167.